The maximum atomic E-state index is 12.0. The van der Waals surface area contributed by atoms with E-state index < -0.39 is 0 Å². The van der Waals surface area contributed by atoms with E-state index in [1.54, 1.807) is 6.92 Å². The lowest BCUT2D eigenvalue weighted by atomic mass is 10.1. The van der Waals surface area contributed by atoms with E-state index in [0.717, 1.165) is 11.4 Å². The van der Waals surface area contributed by atoms with Crippen molar-refractivity contribution >= 4 is 23.2 Å². The van der Waals surface area contributed by atoms with Gasteiger partial charge >= 0.3 is 0 Å². The molecule has 1 aromatic rings. The first kappa shape index (κ1) is 17.0. The van der Waals surface area contributed by atoms with Crippen molar-refractivity contribution in [1.82, 2.24) is 5.32 Å². The van der Waals surface area contributed by atoms with Crippen LogP contribution in [0.5, 0.6) is 0 Å². The van der Waals surface area contributed by atoms with Gasteiger partial charge in [-0.15, -0.1) is 0 Å². The van der Waals surface area contributed by atoms with Gasteiger partial charge in [-0.2, -0.15) is 0 Å². The van der Waals surface area contributed by atoms with Crippen LogP contribution in [0.15, 0.2) is 24.3 Å². The number of nitrogens with one attached hydrogen (secondary N) is 3. The normalized spacial score (nSPS) is 12.4. The predicted octanol–water partition coefficient (Wildman–Crippen LogP) is 2.75. The molecule has 1 aromatic carbocycles. The number of hydrogen-bond donors (Lipinski definition) is 3. The van der Waals surface area contributed by atoms with Gasteiger partial charge in [0.1, 0.15) is 6.04 Å². The smallest absolute Gasteiger partial charge is 0.242 e. The highest BCUT2D eigenvalue weighted by Gasteiger charge is 2.18. The lowest BCUT2D eigenvalue weighted by Crippen LogP contribution is -2.47. The van der Waals surface area contributed by atoms with Gasteiger partial charge in [0.15, 0.2) is 0 Å². The van der Waals surface area contributed by atoms with Gasteiger partial charge < -0.3 is 16.0 Å². The fraction of sp³-hybridized carbons (Fsp3) is 0.500. The average Bonchev–Trinajstić information content (AvgIpc) is 2.38. The van der Waals surface area contributed by atoms with Gasteiger partial charge in [-0.3, -0.25) is 9.59 Å². The molecular weight excluding hydrogens is 266 g/mol. The summed E-state index contributed by atoms with van der Waals surface area (Å²) in [7, 11) is 0. The molecule has 116 valence electrons. The van der Waals surface area contributed by atoms with Gasteiger partial charge in [0.25, 0.3) is 0 Å². The maximum absolute atomic E-state index is 12.0. The molecule has 1 rings (SSSR count). The Labute approximate surface area is 126 Å². The molecule has 5 nitrogen and oxygen atoms in total. The Morgan fingerprint density at radius 3 is 2.10 bits per heavy atom. The van der Waals surface area contributed by atoms with Crippen molar-refractivity contribution in [3.63, 3.8) is 0 Å². The van der Waals surface area contributed by atoms with Crippen LogP contribution in [-0.2, 0) is 9.59 Å². The van der Waals surface area contributed by atoms with E-state index in [4.69, 9.17) is 0 Å². The summed E-state index contributed by atoms with van der Waals surface area (Å²) in [6, 6.07) is 6.97. The van der Waals surface area contributed by atoms with Gasteiger partial charge in [-0.1, -0.05) is 6.92 Å². The second kappa shape index (κ2) is 7.11. The van der Waals surface area contributed by atoms with Crippen molar-refractivity contribution in [1.29, 1.82) is 0 Å². The summed E-state index contributed by atoms with van der Waals surface area (Å²) in [5.74, 6) is -0.0699. The Morgan fingerprint density at radius 2 is 1.62 bits per heavy atom. The lowest BCUT2D eigenvalue weighted by Gasteiger charge is -2.24. The van der Waals surface area contributed by atoms with Crippen LogP contribution in [0.4, 0.5) is 11.4 Å². The van der Waals surface area contributed by atoms with Crippen molar-refractivity contribution in [2.45, 2.75) is 52.6 Å². The third-order valence-electron chi connectivity index (χ3n) is 2.76. The Bertz CT molecular complexity index is 489. The van der Waals surface area contributed by atoms with Crippen LogP contribution in [0, 0.1) is 0 Å². The van der Waals surface area contributed by atoms with Crippen LogP contribution in [0.2, 0.25) is 0 Å². The van der Waals surface area contributed by atoms with E-state index in [1.807, 2.05) is 52.0 Å². The zero-order valence-electron chi connectivity index (χ0n) is 13.4. The summed E-state index contributed by atoms with van der Waals surface area (Å²) in [6.07, 6.45) is 0.448. The highest BCUT2D eigenvalue weighted by molar-refractivity contribution is 5.90. The molecule has 0 saturated carbocycles. The van der Waals surface area contributed by atoms with Gasteiger partial charge in [0.2, 0.25) is 11.8 Å². The summed E-state index contributed by atoms with van der Waals surface area (Å²) in [4.78, 5) is 23.3. The SMILES string of the molecule is CCC(=O)Nc1ccc(N[C@@H](C)C(=O)NC(C)(C)C)cc1. The Kier molecular flexibility index (Phi) is 5.76. The Balaban J connectivity index is 2.59. The number of carbonyl (C=O) groups is 2. The number of benzene rings is 1. The molecule has 0 radical (unpaired) electrons. The fourth-order valence-electron chi connectivity index (χ4n) is 1.69. The van der Waals surface area contributed by atoms with E-state index in [2.05, 4.69) is 16.0 Å². The minimum Gasteiger partial charge on any atom is -0.374 e. The van der Waals surface area contributed by atoms with Crippen molar-refractivity contribution in [2.75, 3.05) is 10.6 Å². The van der Waals surface area contributed by atoms with E-state index in [1.165, 1.54) is 0 Å². The van der Waals surface area contributed by atoms with Crippen LogP contribution in [0.1, 0.15) is 41.0 Å². The van der Waals surface area contributed by atoms with Crippen molar-refractivity contribution < 1.29 is 9.59 Å². The molecule has 0 saturated heterocycles. The number of anilines is 2. The van der Waals surface area contributed by atoms with Crippen LogP contribution in [0.3, 0.4) is 0 Å². The van der Waals surface area contributed by atoms with Gasteiger partial charge in [-0.05, 0) is 52.0 Å². The molecule has 0 bridgehead atoms. The van der Waals surface area contributed by atoms with Gasteiger partial charge in [0.05, 0.1) is 0 Å². The molecule has 3 N–H and O–H groups in total. The van der Waals surface area contributed by atoms with Crippen molar-refractivity contribution in [2.24, 2.45) is 0 Å². The zero-order chi connectivity index (χ0) is 16.0. The molecule has 0 unspecified atom stereocenters. The van der Waals surface area contributed by atoms with E-state index in [-0.39, 0.29) is 23.4 Å². The molecule has 0 fully saturated rings. The minimum atomic E-state index is -0.333. The Morgan fingerprint density at radius 1 is 1.10 bits per heavy atom. The van der Waals surface area contributed by atoms with Crippen LogP contribution < -0.4 is 16.0 Å². The number of rotatable bonds is 5. The summed E-state index contributed by atoms with van der Waals surface area (Å²) in [5.41, 5.74) is 1.33. The minimum absolute atomic E-state index is 0.0198. The first-order valence-electron chi connectivity index (χ1n) is 7.19. The quantitative estimate of drug-likeness (QED) is 0.781. The molecular formula is C16H25N3O2. The fourth-order valence-corrected chi connectivity index (χ4v) is 1.69. The molecule has 2 amide bonds. The summed E-state index contributed by atoms with van der Waals surface area (Å²) < 4.78 is 0. The predicted molar refractivity (Wildman–Crippen MR) is 86.3 cm³/mol. The third kappa shape index (κ3) is 6.29. The van der Waals surface area contributed by atoms with Crippen molar-refractivity contribution in [3.8, 4) is 0 Å². The van der Waals surface area contributed by atoms with Crippen molar-refractivity contribution in [3.05, 3.63) is 24.3 Å². The first-order valence-corrected chi connectivity index (χ1v) is 7.19. The second-order valence-corrected chi connectivity index (χ2v) is 6.08. The molecule has 0 aromatic heterocycles. The van der Waals surface area contributed by atoms with Gasteiger partial charge in [0, 0.05) is 23.3 Å². The summed E-state index contributed by atoms with van der Waals surface area (Å²) in [6.45, 7) is 9.46. The molecule has 0 spiro atoms. The summed E-state index contributed by atoms with van der Waals surface area (Å²) >= 11 is 0. The monoisotopic (exact) mass is 291 g/mol. The standard InChI is InChI=1S/C16H25N3O2/c1-6-14(20)18-13-9-7-12(8-10-13)17-11(2)15(21)19-16(3,4)5/h7-11,17H,6H2,1-5H3,(H,18,20)(H,19,21)/t11-/m0/s1. The number of amides is 2. The number of hydrogen-bond acceptors (Lipinski definition) is 3. The highest BCUT2D eigenvalue weighted by atomic mass is 16.2. The zero-order valence-corrected chi connectivity index (χ0v) is 13.4. The maximum Gasteiger partial charge on any atom is 0.242 e. The average molecular weight is 291 g/mol. The second-order valence-electron chi connectivity index (χ2n) is 6.08. The van der Waals surface area contributed by atoms with E-state index >= 15 is 0 Å². The largest absolute Gasteiger partial charge is 0.374 e. The molecule has 0 heterocycles. The molecule has 0 aliphatic heterocycles. The lowest BCUT2D eigenvalue weighted by molar-refractivity contribution is -0.123. The highest BCUT2D eigenvalue weighted by Crippen LogP contribution is 2.15. The Hall–Kier alpha value is -2.04. The molecule has 0 aliphatic carbocycles. The van der Waals surface area contributed by atoms with E-state index in [0.29, 0.717) is 6.42 Å². The van der Waals surface area contributed by atoms with Crippen LogP contribution in [-0.4, -0.2) is 23.4 Å². The third-order valence-corrected chi connectivity index (χ3v) is 2.76. The summed E-state index contributed by atoms with van der Waals surface area (Å²) in [5, 5.41) is 8.84. The van der Waals surface area contributed by atoms with E-state index in [9.17, 15) is 9.59 Å². The van der Waals surface area contributed by atoms with Crippen LogP contribution in [0.25, 0.3) is 0 Å². The molecule has 5 heteroatoms. The molecule has 21 heavy (non-hydrogen) atoms. The topological polar surface area (TPSA) is 70.2 Å². The van der Waals surface area contributed by atoms with Gasteiger partial charge in [-0.25, -0.2) is 0 Å². The first-order chi connectivity index (χ1) is 9.71. The number of carbonyl (C=O) groups excluding carboxylic acids is 2. The molecule has 0 aliphatic rings. The molecule has 1 atom stereocenters. The van der Waals surface area contributed by atoms with Crippen LogP contribution >= 0.6 is 0 Å².